The van der Waals surface area contributed by atoms with E-state index in [4.69, 9.17) is 5.73 Å². The molecule has 2 aromatic carbocycles. The predicted molar refractivity (Wildman–Crippen MR) is 98.9 cm³/mol. The summed E-state index contributed by atoms with van der Waals surface area (Å²) in [5.41, 5.74) is 7.89. The molecule has 0 bridgehead atoms. The molecule has 0 aliphatic rings. The molecule has 0 saturated carbocycles. The molecule has 3 N–H and O–H groups in total. The molecule has 0 unspecified atom stereocenters. The highest BCUT2D eigenvalue weighted by Gasteiger charge is 2.23. The molecule has 3 rings (SSSR count). The number of carbonyl (C=O) groups is 1. The molecule has 3 aromatic rings. The Balaban J connectivity index is 1.88. The van der Waals surface area contributed by atoms with Crippen molar-refractivity contribution < 1.29 is 4.79 Å². The molecule has 0 saturated heterocycles. The summed E-state index contributed by atoms with van der Waals surface area (Å²) in [6, 6.07) is 23.8. The van der Waals surface area contributed by atoms with Gasteiger partial charge in [0.2, 0.25) is 5.91 Å². The lowest BCUT2D eigenvalue weighted by Crippen LogP contribution is -2.44. The van der Waals surface area contributed by atoms with Crippen LogP contribution in [0.1, 0.15) is 22.0 Å². The molecule has 0 aliphatic heterocycles. The number of amides is 1. The Labute approximate surface area is 146 Å². The smallest absolute Gasteiger partial charge is 0.234 e. The summed E-state index contributed by atoms with van der Waals surface area (Å²) in [5.74, 6) is -0.333. The van der Waals surface area contributed by atoms with Crippen LogP contribution in [-0.2, 0) is 11.2 Å². The second-order valence-corrected chi connectivity index (χ2v) is 6.69. The van der Waals surface area contributed by atoms with Crippen LogP contribution in [0.25, 0.3) is 0 Å². The number of benzene rings is 2. The number of carbonyl (C=O) groups excluding carboxylic acids is 1. The Morgan fingerprint density at radius 2 is 1.50 bits per heavy atom. The monoisotopic (exact) mass is 336 g/mol. The van der Waals surface area contributed by atoms with E-state index in [2.05, 4.69) is 29.6 Å². The molecule has 0 fully saturated rings. The van der Waals surface area contributed by atoms with Crippen molar-refractivity contribution in [3.05, 3.63) is 94.2 Å². The van der Waals surface area contributed by atoms with Gasteiger partial charge in [0.1, 0.15) is 0 Å². The maximum absolute atomic E-state index is 12.0. The Bertz CT molecular complexity index is 717. The molecular weight excluding hydrogens is 316 g/mol. The van der Waals surface area contributed by atoms with E-state index >= 15 is 0 Å². The van der Waals surface area contributed by atoms with Gasteiger partial charge in [0.25, 0.3) is 0 Å². The highest BCUT2D eigenvalue weighted by molar-refractivity contribution is 7.09. The zero-order valence-electron chi connectivity index (χ0n) is 13.3. The second-order valence-electron chi connectivity index (χ2n) is 5.66. The van der Waals surface area contributed by atoms with Crippen molar-refractivity contribution in [2.75, 3.05) is 0 Å². The number of rotatable bonds is 7. The molecule has 1 aromatic heterocycles. The van der Waals surface area contributed by atoms with Gasteiger partial charge in [-0.15, -0.1) is 11.3 Å². The summed E-state index contributed by atoms with van der Waals surface area (Å²) in [6.07, 6.45) is 0.600. The van der Waals surface area contributed by atoms with Gasteiger partial charge in [0, 0.05) is 11.3 Å². The van der Waals surface area contributed by atoms with E-state index in [0.717, 1.165) is 16.0 Å². The van der Waals surface area contributed by atoms with Crippen LogP contribution in [0.15, 0.2) is 78.2 Å². The van der Waals surface area contributed by atoms with Crippen molar-refractivity contribution in [2.45, 2.75) is 18.5 Å². The average Bonchev–Trinajstić information content (AvgIpc) is 3.13. The zero-order valence-corrected chi connectivity index (χ0v) is 14.1. The van der Waals surface area contributed by atoms with Crippen LogP contribution in [0.5, 0.6) is 0 Å². The Morgan fingerprint density at radius 1 is 0.917 bits per heavy atom. The van der Waals surface area contributed by atoms with Crippen LogP contribution in [0.3, 0.4) is 0 Å². The molecule has 1 amide bonds. The first-order valence-corrected chi connectivity index (χ1v) is 8.79. The third-order valence-corrected chi connectivity index (χ3v) is 4.86. The summed E-state index contributed by atoms with van der Waals surface area (Å²) in [4.78, 5) is 13.1. The summed E-state index contributed by atoms with van der Waals surface area (Å²) < 4.78 is 0. The number of hydrogen-bond acceptors (Lipinski definition) is 3. The number of nitrogens with two attached hydrogens (primary N) is 1. The minimum Gasteiger partial charge on any atom is -0.368 e. The SMILES string of the molecule is NC(=O)[C@H](Cc1cccs1)NC(c1ccccc1)c1ccccc1. The lowest BCUT2D eigenvalue weighted by atomic mass is 9.97. The van der Waals surface area contributed by atoms with Crippen LogP contribution >= 0.6 is 11.3 Å². The molecule has 122 valence electrons. The Kier molecular flexibility index (Phi) is 5.41. The van der Waals surface area contributed by atoms with Gasteiger partial charge < -0.3 is 5.73 Å². The van der Waals surface area contributed by atoms with Gasteiger partial charge in [-0.1, -0.05) is 66.7 Å². The van der Waals surface area contributed by atoms with E-state index in [9.17, 15) is 4.79 Å². The third-order valence-electron chi connectivity index (χ3n) is 3.96. The van der Waals surface area contributed by atoms with Crippen molar-refractivity contribution in [3.8, 4) is 0 Å². The van der Waals surface area contributed by atoms with E-state index in [1.165, 1.54) is 0 Å². The number of primary amides is 1. The van der Waals surface area contributed by atoms with Crippen molar-refractivity contribution in [1.29, 1.82) is 0 Å². The Morgan fingerprint density at radius 3 is 1.96 bits per heavy atom. The van der Waals surface area contributed by atoms with Gasteiger partial charge in [-0.25, -0.2) is 0 Å². The molecule has 24 heavy (non-hydrogen) atoms. The van der Waals surface area contributed by atoms with Crippen LogP contribution < -0.4 is 11.1 Å². The van der Waals surface area contributed by atoms with E-state index in [0.29, 0.717) is 6.42 Å². The number of nitrogens with one attached hydrogen (secondary N) is 1. The third kappa shape index (κ3) is 4.10. The standard InChI is InChI=1S/C20H20N2OS/c21-20(23)18(14-17-12-7-13-24-17)22-19(15-8-3-1-4-9-15)16-10-5-2-6-11-16/h1-13,18-19,22H,14H2,(H2,21,23)/t18-/m0/s1. The minimum atomic E-state index is -0.422. The maximum atomic E-state index is 12.0. The molecule has 3 nitrogen and oxygen atoms in total. The highest BCUT2D eigenvalue weighted by Crippen LogP contribution is 2.23. The van der Waals surface area contributed by atoms with E-state index in [1.54, 1.807) is 11.3 Å². The quantitative estimate of drug-likeness (QED) is 0.693. The topological polar surface area (TPSA) is 55.1 Å². The Hall–Kier alpha value is -2.43. The summed E-state index contributed by atoms with van der Waals surface area (Å²) in [7, 11) is 0. The molecule has 0 radical (unpaired) electrons. The van der Waals surface area contributed by atoms with Crippen molar-refractivity contribution in [1.82, 2.24) is 5.32 Å². The zero-order chi connectivity index (χ0) is 16.8. The summed E-state index contributed by atoms with van der Waals surface area (Å²) >= 11 is 1.64. The summed E-state index contributed by atoms with van der Waals surface area (Å²) in [5, 5.41) is 5.47. The second kappa shape index (κ2) is 7.90. The molecular formula is C20H20N2OS. The highest BCUT2D eigenvalue weighted by atomic mass is 32.1. The van der Waals surface area contributed by atoms with Gasteiger partial charge in [-0.2, -0.15) is 0 Å². The molecule has 4 heteroatoms. The first-order valence-electron chi connectivity index (χ1n) is 7.91. The molecule has 1 atom stereocenters. The fraction of sp³-hybridized carbons (Fsp3) is 0.150. The largest absolute Gasteiger partial charge is 0.368 e. The fourth-order valence-electron chi connectivity index (χ4n) is 2.75. The number of thiophene rings is 1. The normalized spacial score (nSPS) is 12.2. The van der Waals surface area contributed by atoms with E-state index in [-0.39, 0.29) is 11.9 Å². The van der Waals surface area contributed by atoms with Crippen LogP contribution in [-0.4, -0.2) is 11.9 Å². The first-order chi connectivity index (χ1) is 11.7. The van der Waals surface area contributed by atoms with Gasteiger partial charge >= 0.3 is 0 Å². The van der Waals surface area contributed by atoms with Crippen LogP contribution in [0.2, 0.25) is 0 Å². The summed E-state index contributed by atoms with van der Waals surface area (Å²) in [6.45, 7) is 0. The molecule has 0 aliphatic carbocycles. The predicted octanol–water partition coefficient (Wildman–Crippen LogP) is 3.52. The van der Waals surface area contributed by atoms with Gasteiger partial charge in [-0.05, 0) is 22.6 Å². The maximum Gasteiger partial charge on any atom is 0.234 e. The van der Waals surface area contributed by atoms with E-state index in [1.807, 2.05) is 53.9 Å². The fourth-order valence-corrected chi connectivity index (χ4v) is 3.50. The number of hydrogen-bond donors (Lipinski definition) is 2. The van der Waals surface area contributed by atoms with Gasteiger partial charge in [0.05, 0.1) is 12.1 Å². The van der Waals surface area contributed by atoms with E-state index < -0.39 is 6.04 Å². The van der Waals surface area contributed by atoms with Crippen LogP contribution in [0, 0.1) is 0 Å². The first kappa shape index (κ1) is 16.4. The van der Waals surface area contributed by atoms with Crippen LogP contribution in [0.4, 0.5) is 0 Å². The molecule has 1 heterocycles. The average molecular weight is 336 g/mol. The molecule has 0 spiro atoms. The van der Waals surface area contributed by atoms with Crippen molar-refractivity contribution in [2.24, 2.45) is 5.73 Å². The minimum absolute atomic E-state index is 0.0788. The van der Waals surface area contributed by atoms with Crippen molar-refractivity contribution >= 4 is 17.2 Å². The lowest BCUT2D eigenvalue weighted by molar-refractivity contribution is -0.120. The van der Waals surface area contributed by atoms with Gasteiger partial charge in [-0.3, -0.25) is 10.1 Å². The lowest BCUT2D eigenvalue weighted by Gasteiger charge is -2.25. The van der Waals surface area contributed by atoms with Crippen molar-refractivity contribution in [3.63, 3.8) is 0 Å². The van der Waals surface area contributed by atoms with Gasteiger partial charge in [0.15, 0.2) is 0 Å².